The van der Waals surface area contributed by atoms with Gasteiger partial charge in [0.05, 0.1) is 11.0 Å². The summed E-state index contributed by atoms with van der Waals surface area (Å²) < 4.78 is 2.16. The van der Waals surface area contributed by atoms with Gasteiger partial charge >= 0.3 is 0 Å². The summed E-state index contributed by atoms with van der Waals surface area (Å²) in [6.07, 6.45) is 1.96. The first-order valence-electron chi connectivity index (χ1n) is 6.43. The molecule has 4 aromatic rings. The van der Waals surface area contributed by atoms with E-state index in [1.807, 2.05) is 25.3 Å². The molecule has 2 heterocycles. The van der Waals surface area contributed by atoms with Crippen LogP contribution in [0.2, 0.25) is 0 Å². The predicted molar refractivity (Wildman–Crippen MR) is 79.3 cm³/mol. The highest BCUT2D eigenvalue weighted by atomic mass is 16.1. The van der Waals surface area contributed by atoms with Crippen LogP contribution in [0.25, 0.3) is 27.2 Å². The highest BCUT2D eigenvalue weighted by molar-refractivity contribution is 6.13. The van der Waals surface area contributed by atoms with Crippen LogP contribution < -0.4 is 5.43 Å². The fraction of sp³-hybridized carbons (Fsp3) is 0.118. The Kier molecular flexibility index (Phi) is 1.86. The maximum Gasteiger partial charge on any atom is 0.192 e. The van der Waals surface area contributed by atoms with E-state index >= 15 is 0 Å². The number of hydrogen-bond donors (Lipinski definition) is 0. The molecule has 0 radical (unpaired) electrons. The number of nitrogens with zero attached hydrogens (tertiary/aromatic N) is 1. The van der Waals surface area contributed by atoms with Crippen LogP contribution in [0.15, 0.2) is 47.4 Å². The molecule has 0 saturated carbocycles. The van der Waals surface area contributed by atoms with E-state index in [1.54, 1.807) is 0 Å². The minimum atomic E-state index is 0.137. The van der Waals surface area contributed by atoms with Crippen LogP contribution in [0.1, 0.15) is 11.1 Å². The summed E-state index contributed by atoms with van der Waals surface area (Å²) >= 11 is 0. The van der Waals surface area contributed by atoms with Gasteiger partial charge in [0.1, 0.15) is 0 Å². The third kappa shape index (κ3) is 1.23. The predicted octanol–water partition coefficient (Wildman–Crippen LogP) is 3.66. The normalized spacial score (nSPS) is 11.9. The summed E-state index contributed by atoms with van der Waals surface area (Å²) in [6, 6.07) is 12.4. The highest BCUT2D eigenvalue weighted by Crippen LogP contribution is 2.31. The molecule has 4 rings (SSSR count). The third-order valence-corrected chi connectivity index (χ3v) is 3.91. The van der Waals surface area contributed by atoms with Crippen molar-refractivity contribution in [2.45, 2.75) is 13.8 Å². The second-order valence-corrected chi connectivity index (χ2v) is 5.23. The molecule has 2 aromatic carbocycles. The molecule has 2 nitrogen and oxygen atoms in total. The summed E-state index contributed by atoms with van der Waals surface area (Å²) in [7, 11) is 0. The smallest absolute Gasteiger partial charge is 0.192 e. The summed E-state index contributed by atoms with van der Waals surface area (Å²) in [5.74, 6) is 0. The van der Waals surface area contributed by atoms with Crippen LogP contribution in [0.5, 0.6) is 0 Å². The van der Waals surface area contributed by atoms with Gasteiger partial charge in [0.25, 0.3) is 0 Å². The fourth-order valence-corrected chi connectivity index (χ4v) is 2.99. The number of pyridine rings is 1. The molecule has 0 aliphatic heterocycles. The molecule has 92 valence electrons. The number of aromatic nitrogens is 1. The van der Waals surface area contributed by atoms with E-state index in [4.69, 9.17) is 0 Å². The van der Waals surface area contributed by atoms with E-state index in [1.165, 1.54) is 16.5 Å². The van der Waals surface area contributed by atoms with Gasteiger partial charge in [-0.25, -0.2) is 0 Å². The summed E-state index contributed by atoms with van der Waals surface area (Å²) in [5.41, 5.74) is 4.38. The number of benzene rings is 2. The van der Waals surface area contributed by atoms with Gasteiger partial charge in [-0.1, -0.05) is 24.3 Å². The molecule has 0 spiro atoms. The Morgan fingerprint density at radius 2 is 1.74 bits per heavy atom. The molecule has 0 bridgehead atoms. The van der Waals surface area contributed by atoms with Gasteiger partial charge in [0.15, 0.2) is 5.43 Å². The van der Waals surface area contributed by atoms with Crippen molar-refractivity contribution < 1.29 is 0 Å². The zero-order chi connectivity index (χ0) is 13.1. The zero-order valence-electron chi connectivity index (χ0n) is 10.9. The van der Waals surface area contributed by atoms with E-state index < -0.39 is 0 Å². The van der Waals surface area contributed by atoms with Crippen molar-refractivity contribution in [2.24, 2.45) is 0 Å². The molecule has 0 unspecified atom stereocenters. The van der Waals surface area contributed by atoms with Gasteiger partial charge in [-0.15, -0.1) is 0 Å². The average Bonchev–Trinajstić information content (AvgIpc) is 2.71. The molecular formula is C17H13NO. The number of fused-ring (bicyclic) bond motifs is 3. The molecule has 0 amide bonds. The standard InChI is InChI=1S/C17H13NO/c1-10-6-7-12-13-4-3-5-14-16(13)18(15(12)8-10)9-11(2)17(14)19/h3-9H,1-2H3. The van der Waals surface area contributed by atoms with Crippen molar-refractivity contribution >= 4 is 27.2 Å². The molecular weight excluding hydrogens is 234 g/mol. The first-order chi connectivity index (χ1) is 9.16. The lowest BCUT2D eigenvalue weighted by atomic mass is 10.1. The van der Waals surface area contributed by atoms with Crippen molar-refractivity contribution in [3.8, 4) is 0 Å². The Balaban J connectivity index is 2.47. The van der Waals surface area contributed by atoms with Crippen molar-refractivity contribution in [1.29, 1.82) is 0 Å². The quantitative estimate of drug-likeness (QED) is 0.464. The van der Waals surface area contributed by atoms with Gasteiger partial charge in [-0.3, -0.25) is 4.79 Å². The van der Waals surface area contributed by atoms with Crippen molar-refractivity contribution in [2.75, 3.05) is 0 Å². The monoisotopic (exact) mass is 247 g/mol. The Labute approximate surface area is 110 Å². The van der Waals surface area contributed by atoms with Crippen LogP contribution in [-0.2, 0) is 0 Å². The lowest BCUT2D eigenvalue weighted by Gasteiger charge is -2.02. The minimum Gasteiger partial charge on any atom is -0.315 e. The fourth-order valence-electron chi connectivity index (χ4n) is 2.99. The second-order valence-electron chi connectivity index (χ2n) is 5.23. The minimum absolute atomic E-state index is 0.137. The summed E-state index contributed by atoms with van der Waals surface area (Å²) in [4.78, 5) is 12.3. The molecule has 0 aliphatic rings. The van der Waals surface area contributed by atoms with Crippen molar-refractivity contribution in [1.82, 2.24) is 4.40 Å². The Bertz CT molecular complexity index is 995. The van der Waals surface area contributed by atoms with E-state index in [2.05, 4.69) is 35.6 Å². The second kappa shape index (κ2) is 3.35. The lowest BCUT2D eigenvalue weighted by molar-refractivity contribution is 1.20. The van der Waals surface area contributed by atoms with Crippen LogP contribution in [0.4, 0.5) is 0 Å². The van der Waals surface area contributed by atoms with Gasteiger partial charge in [0, 0.05) is 27.9 Å². The number of para-hydroxylation sites is 1. The first-order valence-corrected chi connectivity index (χ1v) is 6.43. The molecule has 0 aliphatic carbocycles. The van der Waals surface area contributed by atoms with Crippen molar-refractivity contribution in [3.05, 3.63) is 63.9 Å². The zero-order valence-corrected chi connectivity index (χ0v) is 10.9. The van der Waals surface area contributed by atoms with E-state index in [0.717, 1.165) is 21.9 Å². The van der Waals surface area contributed by atoms with Gasteiger partial charge in [0.2, 0.25) is 0 Å². The van der Waals surface area contributed by atoms with Gasteiger partial charge < -0.3 is 4.40 Å². The molecule has 19 heavy (non-hydrogen) atoms. The molecule has 0 N–H and O–H groups in total. The van der Waals surface area contributed by atoms with Crippen LogP contribution in [0.3, 0.4) is 0 Å². The SMILES string of the molecule is Cc1ccc2c3cccc4c(=O)c(C)cn(c2c1)c43. The molecule has 2 aromatic heterocycles. The third-order valence-electron chi connectivity index (χ3n) is 3.91. The van der Waals surface area contributed by atoms with Crippen LogP contribution >= 0.6 is 0 Å². The van der Waals surface area contributed by atoms with E-state index in [-0.39, 0.29) is 5.43 Å². The molecule has 0 saturated heterocycles. The molecule has 2 heteroatoms. The first kappa shape index (κ1) is 10.6. The summed E-state index contributed by atoms with van der Waals surface area (Å²) in [6.45, 7) is 3.97. The average molecular weight is 247 g/mol. The Hall–Kier alpha value is -2.35. The number of hydrogen-bond acceptors (Lipinski definition) is 1. The van der Waals surface area contributed by atoms with E-state index in [9.17, 15) is 4.79 Å². The van der Waals surface area contributed by atoms with Crippen LogP contribution in [0, 0.1) is 13.8 Å². The van der Waals surface area contributed by atoms with Gasteiger partial charge in [-0.2, -0.15) is 0 Å². The topological polar surface area (TPSA) is 21.5 Å². The molecule has 0 fully saturated rings. The van der Waals surface area contributed by atoms with E-state index in [0.29, 0.717) is 0 Å². The number of aryl methyl sites for hydroxylation is 2. The maximum absolute atomic E-state index is 12.3. The lowest BCUT2D eigenvalue weighted by Crippen LogP contribution is -2.07. The Morgan fingerprint density at radius 1 is 0.947 bits per heavy atom. The largest absolute Gasteiger partial charge is 0.315 e. The molecule has 0 atom stereocenters. The number of rotatable bonds is 0. The van der Waals surface area contributed by atoms with Crippen LogP contribution in [-0.4, -0.2) is 4.40 Å². The highest BCUT2D eigenvalue weighted by Gasteiger charge is 2.13. The van der Waals surface area contributed by atoms with Gasteiger partial charge in [-0.05, 0) is 31.5 Å². The maximum atomic E-state index is 12.3. The summed E-state index contributed by atoms with van der Waals surface area (Å²) in [5, 5.41) is 3.18. The Morgan fingerprint density at radius 3 is 2.58 bits per heavy atom. The van der Waals surface area contributed by atoms with Crippen molar-refractivity contribution in [3.63, 3.8) is 0 Å².